The monoisotopic (exact) mass is 1180 g/mol. The standard InChI is InChI=1S/C70H117NO13/c1-3-5-7-9-11-13-15-17-19-21-23-25-27-28-29-30-32-34-36-38-40-42-44-46-48-50-52-54-62(75)71-58(57-81-69-67(80)65(78)68(61(56-73)83-69)84-70-66(79)64(77)63(76)60(55-72)82-70)59(74)53-51-49-47-45-43-41-39-37-35-33-31-26-24-22-20-18-16-14-12-10-8-6-4-2/h5,7,11,13,17,19,23,25,28-29,32,34-35,37-38,40,43,45,51,53,58-61,63-70,72-74,76-80H,3-4,6,8-10,12,14-16,18,20-22,24,26-27,30-31,33,36,39,41-42,44,46-50,52,54-57H2,1-2H3,(H,71,75)/b7-5-,13-11-,19-17-,25-23-,29-28-,34-32-,37-35+,40-38-,45-43+,53-51+. The first-order chi connectivity index (χ1) is 41.1. The molecular formula is C70H117NO13. The number of ether oxygens (including phenoxy) is 4. The van der Waals surface area contributed by atoms with E-state index in [0.717, 1.165) is 103 Å². The highest BCUT2D eigenvalue weighted by Crippen LogP contribution is 2.30. The van der Waals surface area contributed by atoms with Gasteiger partial charge in [0.15, 0.2) is 12.6 Å². The van der Waals surface area contributed by atoms with Gasteiger partial charge in [-0.15, -0.1) is 0 Å². The number of rotatable bonds is 51. The number of allylic oxidation sites excluding steroid dienone is 19. The minimum atomic E-state index is -1.80. The first kappa shape index (κ1) is 76.5. The number of unbranched alkanes of at least 4 members (excludes halogenated alkanes) is 20. The van der Waals surface area contributed by atoms with E-state index in [4.69, 9.17) is 18.9 Å². The van der Waals surface area contributed by atoms with E-state index in [1.165, 1.54) is 83.5 Å². The van der Waals surface area contributed by atoms with Crippen LogP contribution in [0.3, 0.4) is 0 Å². The van der Waals surface area contributed by atoms with Crippen LogP contribution in [0.5, 0.6) is 0 Å². The fourth-order valence-corrected chi connectivity index (χ4v) is 9.89. The number of aliphatic hydroxyl groups is 8. The minimum Gasteiger partial charge on any atom is -0.394 e. The molecule has 0 aliphatic carbocycles. The van der Waals surface area contributed by atoms with Crippen LogP contribution in [0.15, 0.2) is 122 Å². The number of hydrogen-bond acceptors (Lipinski definition) is 13. The molecule has 1 amide bonds. The maximum absolute atomic E-state index is 13.3. The summed E-state index contributed by atoms with van der Waals surface area (Å²) in [4.78, 5) is 13.3. The lowest BCUT2D eigenvalue weighted by molar-refractivity contribution is -0.359. The van der Waals surface area contributed by atoms with Gasteiger partial charge in [0.2, 0.25) is 5.91 Å². The Morgan fingerprint density at radius 2 is 0.833 bits per heavy atom. The molecule has 0 aromatic rings. The summed E-state index contributed by atoms with van der Waals surface area (Å²) in [6.45, 7) is 2.64. The third kappa shape index (κ3) is 37.8. The molecule has 0 bridgehead atoms. The van der Waals surface area contributed by atoms with Gasteiger partial charge in [-0.05, 0) is 103 Å². The van der Waals surface area contributed by atoms with E-state index in [9.17, 15) is 45.6 Å². The summed E-state index contributed by atoms with van der Waals surface area (Å²) in [6.07, 6.45) is 60.9. The van der Waals surface area contributed by atoms with Crippen molar-refractivity contribution in [3.63, 3.8) is 0 Å². The summed E-state index contributed by atoms with van der Waals surface area (Å²) in [5, 5.41) is 87.3. The van der Waals surface area contributed by atoms with Crippen molar-refractivity contribution < 1.29 is 64.6 Å². The number of carbonyl (C=O) groups is 1. The molecule has 12 unspecified atom stereocenters. The summed E-state index contributed by atoms with van der Waals surface area (Å²) >= 11 is 0. The zero-order chi connectivity index (χ0) is 60.9. The molecule has 0 aromatic carbocycles. The van der Waals surface area contributed by atoms with Crippen molar-refractivity contribution in [3.05, 3.63) is 122 Å². The van der Waals surface area contributed by atoms with Crippen molar-refractivity contribution in [1.29, 1.82) is 0 Å². The number of hydrogen-bond donors (Lipinski definition) is 9. The summed E-state index contributed by atoms with van der Waals surface area (Å²) in [7, 11) is 0. The Hall–Kier alpha value is -3.61. The van der Waals surface area contributed by atoms with Gasteiger partial charge in [-0.3, -0.25) is 4.79 Å². The van der Waals surface area contributed by atoms with E-state index < -0.39 is 86.8 Å². The molecule has 14 heteroatoms. The summed E-state index contributed by atoms with van der Waals surface area (Å²) in [5.41, 5.74) is 0. The Kier molecular flexibility index (Phi) is 48.8. The van der Waals surface area contributed by atoms with Gasteiger partial charge in [-0.1, -0.05) is 232 Å². The van der Waals surface area contributed by atoms with Crippen LogP contribution in [-0.2, 0) is 23.7 Å². The Labute approximate surface area is 508 Å². The fraction of sp³-hybridized carbons (Fsp3) is 0.700. The van der Waals surface area contributed by atoms with Gasteiger partial charge in [-0.25, -0.2) is 0 Å². The minimum absolute atomic E-state index is 0.239. The quantitative estimate of drug-likeness (QED) is 0.0204. The average molecular weight is 1180 g/mol. The second-order valence-corrected chi connectivity index (χ2v) is 22.5. The molecular weight excluding hydrogens is 1060 g/mol. The molecule has 2 saturated heterocycles. The molecule has 84 heavy (non-hydrogen) atoms. The third-order valence-electron chi connectivity index (χ3n) is 15.1. The maximum atomic E-state index is 13.3. The van der Waals surface area contributed by atoms with E-state index in [1.807, 2.05) is 6.08 Å². The lowest BCUT2D eigenvalue weighted by Crippen LogP contribution is -2.65. The summed E-state index contributed by atoms with van der Waals surface area (Å²) in [5.74, 6) is -0.277. The van der Waals surface area contributed by atoms with Crippen molar-refractivity contribution in [2.24, 2.45) is 0 Å². The number of amides is 1. The van der Waals surface area contributed by atoms with Crippen molar-refractivity contribution in [2.75, 3.05) is 19.8 Å². The van der Waals surface area contributed by atoms with Crippen LogP contribution >= 0.6 is 0 Å². The molecule has 2 aliphatic heterocycles. The van der Waals surface area contributed by atoms with Crippen LogP contribution in [0.4, 0.5) is 0 Å². The Balaban J connectivity index is 1.77. The Bertz CT molecular complexity index is 1870. The zero-order valence-electron chi connectivity index (χ0n) is 51.8. The van der Waals surface area contributed by atoms with E-state index in [-0.39, 0.29) is 18.9 Å². The van der Waals surface area contributed by atoms with Crippen LogP contribution < -0.4 is 5.32 Å². The van der Waals surface area contributed by atoms with E-state index in [2.05, 4.69) is 129 Å². The van der Waals surface area contributed by atoms with Gasteiger partial charge in [-0.2, -0.15) is 0 Å². The SMILES string of the molecule is CC/C=C\C/C=C\C/C=C\C/C=C\C/C=C\C/C=C\C/C=C\CCCCCCCC(=O)NC(COC1OC(CO)C(OC2OC(CO)C(O)C(O)C2O)C(O)C1O)C(O)/C=C/CC/C=C/CC/C=C/CCCCCCCCCCCCCCC. The van der Waals surface area contributed by atoms with Crippen LogP contribution in [-0.4, -0.2) is 140 Å². The van der Waals surface area contributed by atoms with Crippen molar-refractivity contribution in [2.45, 2.75) is 293 Å². The van der Waals surface area contributed by atoms with E-state index in [1.54, 1.807) is 6.08 Å². The first-order valence-electron chi connectivity index (χ1n) is 32.8. The lowest BCUT2D eigenvalue weighted by Gasteiger charge is -2.46. The van der Waals surface area contributed by atoms with Crippen molar-refractivity contribution >= 4 is 5.91 Å². The molecule has 0 radical (unpaired) electrons. The molecule has 14 nitrogen and oxygen atoms in total. The highest BCUT2D eigenvalue weighted by Gasteiger charge is 2.51. The van der Waals surface area contributed by atoms with Gasteiger partial charge >= 0.3 is 0 Å². The van der Waals surface area contributed by atoms with E-state index >= 15 is 0 Å². The molecule has 480 valence electrons. The first-order valence-corrected chi connectivity index (χ1v) is 32.8. The highest BCUT2D eigenvalue weighted by atomic mass is 16.7. The van der Waals surface area contributed by atoms with Gasteiger partial charge in [0.1, 0.15) is 48.8 Å². The Morgan fingerprint density at radius 3 is 1.31 bits per heavy atom. The molecule has 9 N–H and O–H groups in total. The fourth-order valence-electron chi connectivity index (χ4n) is 9.89. The predicted molar refractivity (Wildman–Crippen MR) is 341 cm³/mol. The largest absolute Gasteiger partial charge is 0.394 e. The normalized spacial score (nSPS) is 24.5. The van der Waals surface area contributed by atoms with Gasteiger partial charge < -0.3 is 65.1 Å². The average Bonchev–Trinajstić information content (AvgIpc) is 3.62. The molecule has 2 heterocycles. The maximum Gasteiger partial charge on any atom is 0.220 e. The van der Waals surface area contributed by atoms with Crippen LogP contribution in [0.1, 0.15) is 219 Å². The number of nitrogens with one attached hydrogen (secondary N) is 1. The number of carbonyl (C=O) groups excluding carboxylic acids is 1. The molecule has 0 saturated carbocycles. The molecule has 2 rings (SSSR count). The number of aliphatic hydroxyl groups excluding tert-OH is 8. The van der Waals surface area contributed by atoms with Crippen molar-refractivity contribution in [1.82, 2.24) is 5.32 Å². The summed E-state index contributed by atoms with van der Waals surface area (Å²) in [6, 6.07) is -0.959. The topological polar surface area (TPSA) is 228 Å². The van der Waals surface area contributed by atoms with Crippen molar-refractivity contribution in [3.8, 4) is 0 Å². The molecule has 12 atom stereocenters. The van der Waals surface area contributed by atoms with Crippen LogP contribution in [0.25, 0.3) is 0 Å². The van der Waals surface area contributed by atoms with Crippen LogP contribution in [0.2, 0.25) is 0 Å². The zero-order valence-corrected chi connectivity index (χ0v) is 51.8. The van der Waals surface area contributed by atoms with Gasteiger partial charge in [0.25, 0.3) is 0 Å². The second-order valence-electron chi connectivity index (χ2n) is 22.5. The molecule has 2 fully saturated rings. The second kappa shape index (κ2) is 53.6. The van der Waals surface area contributed by atoms with Gasteiger partial charge in [0, 0.05) is 6.42 Å². The van der Waals surface area contributed by atoms with Crippen LogP contribution in [0, 0.1) is 0 Å². The molecule has 2 aliphatic rings. The lowest BCUT2D eigenvalue weighted by atomic mass is 9.97. The predicted octanol–water partition coefficient (Wildman–Crippen LogP) is 12.6. The highest BCUT2D eigenvalue weighted by molar-refractivity contribution is 5.76. The smallest absolute Gasteiger partial charge is 0.220 e. The Morgan fingerprint density at radius 1 is 0.440 bits per heavy atom. The van der Waals surface area contributed by atoms with Gasteiger partial charge in [0.05, 0.1) is 32.0 Å². The summed E-state index contributed by atoms with van der Waals surface area (Å²) < 4.78 is 22.8. The molecule has 0 spiro atoms. The third-order valence-corrected chi connectivity index (χ3v) is 15.1. The van der Waals surface area contributed by atoms with E-state index in [0.29, 0.717) is 12.8 Å². The molecule has 0 aromatic heterocycles.